The van der Waals surface area contributed by atoms with Gasteiger partial charge in [-0.2, -0.15) is 0 Å². The number of aromatic nitrogens is 2. The van der Waals surface area contributed by atoms with Crippen LogP contribution in [-0.4, -0.2) is 10.2 Å². The van der Waals surface area contributed by atoms with Gasteiger partial charge in [0, 0.05) is 15.2 Å². The molecular weight excluding hydrogens is 384 g/mol. The van der Waals surface area contributed by atoms with Crippen molar-refractivity contribution >= 4 is 39.3 Å². The highest BCUT2D eigenvalue weighted by Crippen LogP contribution is 2.28. The van der Waals surface area contributed by atoms with Crippen LogP contribution in [-0.2, 0) is 11.5 Å². The molecule has 1 heterocycles. The summed E-state index contributed by atoms with van der Waals surface area (Å²) in [5.74, 6) is 2.68. The molecule has 0 aliphatic rings. The van der Waals surface area contributed by atoms with E-state index in [1.165, 1.54) is 5.56 Å². The Morgan fingerprint density at radius 3 is 2.73 bits per heavy atom. The molecular formula is C16H12BrClN2OS. The van der Waals surface area contributed by atoms with Crippen molar-refractivity contribution < 1.29 is 4.42 Å². The van der Waals surface area contributed by atoms with E-state index in [9.17, 15) is 0 Å². The summed E-state index contributed by atoms with van der Waals surface area (Å²) in [4.78, 5) is 0. The predicted octanol–water partition coefficient (Wildman–Crippen LogP) is 5.59. The minimum atomic E-state index is 0.533. The molecule has 0 unspecified atom stereocenters. The van der Waals surface area contributed by atoms with Gasteiger partial charge in [-0.3, -0.25) is 0 Å². The van der Waals surface area contributed by atoms with Crippen LogP contribution in [0.3, 0.4) is 0 Å². The Labute approximate surface area is 146 Å². The average Bonchev–Trinajstić information content (AvgIpc) is 2.96. The monoisotopic (exact) mass is 394 g/mol. The Hall–Kier alpha value is -1.30. The molecule has 0 saturated heterocycles. The number of hydrogen-bond donors (Lipinski definition) is 0. The molecule has 2 aromatic carbocycles. The van der Waals surface area contributed by atoms with Crippen molar-refractivity contribution in [3.8, 4) is 11.5 Å². The number of thioether (sulfide) groups is 1. The first-order valence-electron chi connectivity index (χ1n) is 6.62. The normalized spacial score (nSPS) is 10.8. The lowest BCUT2D eigenvalue weighted by atomic mass is 10.2. The second-order valence-corrected chi connectivity index (χ2v) is 6.88. The van der Waals surface area contributed by atoms with Crippen molar-refractivity contribution in [3.05, 3.63) is 69.5 Å². The van der Waals surface area contributed by atoms with Crippen LogP contribution in [0.25, 0.3) is 11.5 Å². The van der Waals surface area contributed by atoms with E-state index in [2.05, 4.69) is 32.2 Å². The number of nitrogens with zero attached hydrogens (tertiary/aromatic N) is 2. The van der Waals surface area contributed by atoms with E-state index < -0.39 is 0 Å². The molecule has 0 fully saturated rings. The van der Waals surface area contributed by atoms with Gasteiger partial charge in [0.1, 0.15) is 0 Å². The molecule has 112 valence electrons. The number of hydrogen-bond acceptors (Lipinski definition) is 4. The molecule has 3 rings (SSSR count). The Morgan fingerprint density at radius 2 is 1.91 bits per heavy atom. The molecule has 0 amide bonds. The molecule has 22 heavy (non-hydrogen) atoms. The molecule has 0 atom stereocenters. The van der Waals surface area contributed by atoms with Crippen LogP contribution in [0.5, 0.6) is 0 Å². The van der Waals surface area contributed by atoms with Gasteiger partial charge in [-0.15, -0.1) is 22.0 Å². The standard InChI is InChI=1S/C16H12BrClN2OS/c17-14-7-2-1-6-13(14)16-20-19-15(21-16)10-22-9-11-4-3-5-12(18)8-11/h1-8H,9-10H2. The molecule has 0 radical (unpaired) electrons. The molecule has 1 aromatic heterocycles. The molecule has 0 aliphatic heterocycles. The SMILES string of the molecule is Clc1cccc(CSCc2nnc(-c3ccccc3Br)o2)c1. The number of rotatable bonds is 5. The highest BCUT2D eigenvalue weighted by atomic mass is 79.9. The van der Waals surface area contributed by atoms with E-state index >= 15 is 0 Å². The van der Waals surface area contributed by atoms with Gasteiger partial charge in [0.2, 0.25) is 11.8 Å². The maximum Gasteiger partial charge on any atom is 0.248 e. The third kappa shape index (κ3) is 3.91. The van der Waals surface area contributed by atoms with Crippen molar-refractivity contribution in [2.75, 3.05) is 0 Å². The second-order valence-electron chi connectivity index (χ2n) is 4.60. The summed E-state index contributed by atoms with van der Waals surface area (Å²) in [6.45, 7) is 0. The first-order valence-corrected chi connectivity index (χ1v) is 8.94. The minimum Gasteiger partial charge on any atom is -0.420 e. The van der Waals surface area contributed by atoms with Gasteiger partial charge in [-0.05, 0) is 45.8 Å². The molecule has 3 nitrogen and oxygen atoms in total. The molecule has 0 spiro atoms. The largest absolute Gasteiger partial charge is 0.420 e. The van der Waals surface area contributed by atoms with Crippen LogP contribution in [0.2, 0.25) is 5.02 Å². The van der Waals surface area contributed by atoms with E-state index in [4.69, 9.17) is 16.0 Å². The fraction of sp³-hybridized carbons (Fsp3) is 0.125. The summed E-state index contributed by atoms with van der Waals surface area (Å²) in [6.07, 6.45) is 0. The summed E-state index contributed by atoms with van der Waals surface area (Å²) >= 11 is 11.2. The summed E-state index contributed by atoms with van der Waals surface area (Å²) in [6, 6.07) is 15.6. The summed E-state index contributed by atoms with van der Waals surface area (Å²) in [7, 11) is 0. The Morgan fingerprint density at radius 1 is 1.05 bits per heavy atom. The van der Waals surface area contributed by atoms with E-state index in [1.807, 2.05) is 42.5 Å². The highest BCUT2D eigenvalue weighted by Gasteiger charge is 2.11. The lowest BCUT2D eigenvalue weighted by Crippen LogP contribution is -1.83. The van der Waals surface area contributed by atoms with Gasteiger partial charge < -0.3 is 4.42 Å². The average molecular weight is 396 g/mol. The van der Waals surface area contributed by atoms with Gasteiger partial charge in [0.25, 0.3) is 0 Å². The Balaban J connectivity index is 1.62. The van der Waals surface area contributed by atoms with Crippen molar-refractivity contribution in [2.45, 2.75) is 11.5 Å². The molecule has 0 saturated carbocycles. The van der Waals surface area contributed by atoms with Crippen molar-refractivity contribution in [1.29, 1.82) is 0 Å². The van der Waals surface area contributed by atoms with Crippen molar-refractivity contribution in [1.82, 2.24) is 10.2 Å². The minimum absolute atomic E-state index is 0.533. The summed E-state index contributed by atoms with van der Waals surface area (Å²) in [5, 5.41) is 8.96. The zero-order valence-corrected chi connectivity index (χ0v) is 14.7. The lowest BCUT2D eigenvalue weighted by molar-refractivity contribution is 0.528. The number of benzene rings is 2. The molecule has 0 N–H and O–H groups in total. The fourth-order valence-corrected chi connectivity index (χ4v) is 3.41. The number of halogens is 2. The van der Waals surface area contributed by atoms with Gasteiger partial charge in [-0.25, -0.2) is 0 Å². The molecule has 0 aliphatic carbocycles. The van der Waals surface area contributed by atoms with Gasteiger partial charge in [0.15, 0.2) is 0 Å². The quantitative estimate of drug-likeness (QED) is 0.565. The zero-order chi connectivity index (χ0) is 15.4. The fourth-order valence-electron chi connectivity index (χ4n) is 1.94. The Bertz CT molecular complexity index is 778. The maximum atomic E-state index is 5.97. The third-order valence-corrected chi connectivity index (χ3v) is 4.87. The van der Waals surface area contributed by atoms with Gasteiger partial charge >= 0.3 is 0 Å². The predicted molar refractivity (Wildman–Crippen MR) is 93.9 cm³/mol. The first kappa shape index (κ1) is 15.6. The molecule has 6 heteroatoms. The van der Waals surface area contributed by atoms with Gasteiger partial charge in [0.05, 0.1) is 11.3 Å². The molecule has 0 bridgehead atoms. The van der Waals surface area contributed by atoms with Crippen LogP contribution in [0, 0.1) is 0 Å². The Kier molecular flexibility index (Phi) is 5.18. The third-order valence-electron chi connectivity index (χ3n) is 2.95. The maximum absolute atomic E-state index is 5.97. The van der Waals surface area contributed by atoms with E-state index in [1.54, 1.807) is 11.8 Å². The van der Waals surface area contributed by atoms with Crippen molar-refractivity contribution in [2.24, 2.45) is 0 Å². The van der Waals surface area contributed by atoms with Crippen LogP contribution >= 0.6 is 39.3 Å². The van der Waals surface area contributed by atoms with Gasteiger partial charge in [-0.1, -0.05) is 35.9 Å². The lowest BCUT2D eigenvalue weighted by Gasteiger charge is -2.00. The van der Waals surface area contributed by atoms with Crippen LogP contribution in [0.15, 0.2) is 57.4 Å². The topological polar surface area (TPSA) is 38.9 Å². The van der Waals surface area contributed by atoms with Crippen LogP contribution in [0.4, 0.5) is 0 Å². The summed E-state index contributed by atoms with van der Waals surface area (Å²) < 4.78 is 6.65. The van der Waals surface area contributed by atoms with Crippen LogP contribution < -0.4 is 0 Å². The van der Waals surface area contributed by atoms with Crippen molar-refractivity contribution in [3.63, 3.8) is 0 Å². The second kappa shape index (κ2) is 7.31. The zero-order valence-electron chi connectivity index (χ0n) is 11.5. The molecule has 3 aromatic rings. The first-order chi connectivity index (χ1) is 10.7. The highest BCUT2D eigenvalue weighted by molar-refractivity contribution is 9.10. The summed E-state index contributed by atoms with van der Waals surface area (Å²) in [5.41, 5.74) is 2.09. The van der Waals surface area contributed by atoms with E-state index in [0.717, 1.165) is 20.8 Å². The van der Waals surface area contributed by atoms with E-state index in [0.29, 0.717) is 17.5 Å². The smallest absolute Gasteiger partial charge is 0.248 e. The van der Waals surface area contributed by atoms with E-state index in [-0.39, 0.29) is 0 Å². The van der Waals surface area contributed by atoms with Crippen LogP contribution in [0.1, 0.15) is 11.5 Å².